The van der Waals surface area contributed by atoms with Crippen molar-refractivity contribution in [1.82, 2.24) is 0 Å². The van der Waals surface area contributed by atoms with Gasteiger partial charge in [0.2, 0.25) is 0 Å². The molecule has 0 radical (unpaired) electrons. The van der Waals surface area contributed by atoms with Crippen LogP contribution >= 0.6 is 0 Å². The number of hydrogen-bond donors (Lipinski definition) is 1. The molecule has 2 aliphatic rings. The summed E-state index contributed by atoms with van der Waals surface area (Å²) in [5.41, 5.74) is 2.14. The lowest BCUT2D eigenvalue weighted by Gasteiger charge is -2.48. The molecular weight excluding hydrogens is 212 g/mol. The van der Waals surface area contributed by atoms with E-state index in [1.165, 1.54) is 5.57 Å². The Hall–Kier alpha value is -0.890. The van der Waals surface area contributed by atoms with E-state index in [0.29, 0.717) is 0 Å². The maximum absolute atomic E-state index is 12.0. The minimum absolute atomic E-state index is 0.0325. The predicted octanol–water partition coefficient (Wildman–Crippen LogP) is 2.88. The lowest BCUT2D eigenvalue weighted by molar-refractivity contribution is -0.120. The first-order valence-corrected chi connectivity index (χ1v) is 6.44. The number of carbonyl (C=O) groups excluding carboxylic acids is 1. The average molecular weight is 234 g/mol. The molecule has 1 saturated carbocycles. The molecule has 4 atom stereocenters. The second kappa shape index (κ2) is 4.09. The van der Waals surface area contributed by atoms with Crippen molar-refractivity contribution < 1.29 is 9.90 Å². The van der Waals surface area contributed by atoms with E-state index < -0.39 is 0 Å². The number of ketones is 1. The van der Waals surface area contributed by atoms with E-state index in [1.54, 1.807) is 0 Å². The van der Waals surface area contributed by atoms with Crippen molar-refractivity contribution in [3.63, 3.8) is 0 Å². The summed E-state index contributed by atoms with van der Waals surface area (Å²) in [4.78, 5) is 12.0. The first kappa shape index (κ1) is 12.6. The van der Waals surface area contributed by atoms with Gasteiger partial charge in [0.05, 0.1) is 6.10 Å². The van der Waals surface area contributed by atoms with E-state index in [1.807, 2.05) is 13.0 Å². The zero-order valence-corrected chi connectivity index (χ0v) is 11.0. The maximum Gasteiger partial charge on any atom is 0.162 e. The Bertz CT molecular complexity index is 394. The molecular formula is C15H22O2. The Morgan fingerprint density at radius 1 is 1.59 bits per heavy atom. The zero-order valence-electron chi connectivity index (χ0n) is 11.0. The topological polar surface area (TPSA) is 37.3 Å². The van der Waals surface area contributed by atoms with Gasteiger partial charge in [-0.2, -0.15) is 0 Å². The largest absolute Gasteiger partial charge is 0.393 e. The third-order valence-corrected chi connectivity index (χ3v) is 4.91. The molecule has 0 spiro atoms. The smallest absolute Gasteiger partial charge is 0.162 e. The summed E-state index contributed by atoms with van der Waals surface area (Å²) in [7, 11) is 0. The Labute approximate surface area is 103 Å². The molecule has 0 aliphatic heterocycles. The van der Waals surface area contributed by atoms with E-state index in [0.717, 1.165) is 24.8 Å². The van der Waals surface area contributed by atoms with Gasteiger partial charge in [-0.15, -0.1) is 0 Å². The van der Waals surface area contributed by atoms with Crippen LogP contribution in [0.15, 0.2) is 23.8 Å². The molecule has 2 rings (SSSR count). The van der Waals surface area contributed by atoms with Crippen molar-refractivity contribution in [1.29, 1.82) is 0 Å². The van der Waals surface area contributed by atoms with Gasteiger partial charge in [-0.05, 0) is 43.6 Å². The standard InChI is InChI=1S/C15H22O2/c1-9(2)12-8-15(4)10(3)13(16)6-5-11(15)7-14(12)17/h7,10,12-13,16H,1,5-6,8H2,2-4H3/t10-,12+,13+,15+/m0/s1. The first-order valence-electron chi connectivity index (χ1n) is 6.44. The fraction of sp³-hybridized carbons (Fsp3) is 0.667. The van der Waals surface area contributed by atoms with Crippen molar-refractivity contribution in [3.05, 3.63) is 23.8 Å². The number of carbonyl (C=O) groups is 1. The molecule has 0 heterocycles. The monoisotopic (exact) mass is 234 g/mol. The minimum atomic E-state index is -0.240. The van der Waals surface area contributed by atoms with Gasteiger partial charge in [-0.25, -0.2) is 0 Å². The van der Waals surface area contributed by atoms with Gasteiger partial charge in [0.25, 0.3) is 0 Å². The SMILES string of the molecule is C=C(C)[C@H]1C[C@@]2(C)C(=CC1=O)CC[C@@H](O)[C@@H]2C. The van der Waals surface area contributed by atoms with Crippen LogP contribution in [0.3, 0.4) is 0 Å². The Kier molecular flexibility index (Phi) is 3.03. The van der Waals surface area contributed by atoms with E-state index in [-0.39, 0.29) is 29.1 Å². The summed E-state index contributed by atoms with van der Waals surface area (Å²) in [6.45, 7) is 10.1. The van der Waals surface area contributed by atoms with Crippen LogP contribution in [-0.4, -0.2) is 17.0 Å². The van der Waals surface area contributed by atoms with Crippen LogP contribution < -0.4 is 0 Å². The highest BCUT2D eigenvalue weighted by Gasteiger charge is 2.47. The van der Waals surface area contributed by atoms with Crippen molar-refractivity contribution in [2.75, 3.05) is 0 Å². The van der Waals surface area contributed by atoms with Gasteiger partial charge in [0.15, 0.2) is 5.78 Å². The van der Waals surface area contributed by atoms with Crippen LogP contribution in [0.2, 0.25) is 0 Å². The summed E-state index contributed by atoms with van der Waals surface area (Å²) in [6.07, 6.45) is 4.04. The van der Waals surface area contributed by atoms with Crippen LogP contribution in [-0.2, 0) is 4.79 Å². The van der Waals surface area contributed by atoms with Gasteiger partial charge in [0.1, 0.15) is 0 Å². The number of aliphatic hydroxyl groups excluding tert-OH is 1. The van der Waals surface area contributed by atoms with E-state index >= 15 is 0 Å². The summed E-state index contributed by atoms with van der Waals surface area (Å²) in [5.74, 6) is 0.363. The minimum Gasteiger partial charge on any atom is -0.393 e. The normalized spacial score (nSPS) is 41.8. The average Bonchev–Trinajstić information content (AvgIpc) is 2.26. The molecule has 0 saturated heterocycles. The summed E-state index contributed by atoms with van der Waals surface area (Å²) in [5, 5.41) is 10.0. The molecule has 0 amide bonds. The molecule has 2 aliphatic carbocycles. The number of hydrogen-bond acceptors (Lipinski definition) is 2. The maximum atomic E-state index is 12.0. The molecule has 0 aromatic carbocycles. The Morgan fingerprint density at radius 2 is 2.24 bits per heavy atom. The first-order chi connectivity index (χ1) is 7.86. The van der Waals surface area contributed by atoms with Gasteiger partial charge in [0, 0.05) is 5.92 Å². The van der Waals surface area contributed by atoms with Gasteiger partial charge in [-0.1, -0.05) is 31.6 Å². The highest BCUT2D eigenvalue weighted by molar-refractivity contribution is 5.95. The molecule has 0 aromatic rings. The molecule has 2 heteroatoms. The summed E-state index contributed by atoms with van der Waals surface area (Å²) < 4.78 is 0. The van der Waals surface area contributed by atoms with E-state index in [9.17, 15) is 9.90 Å². The van der Waals surface area contributed by atoms with Crippen molar-refractivity contribution in [2.45, 2.75) is 46.1 Å². The van der Waals surface area contributed by atoms with Crippen molar-refractivity contribution in [2.24, 2.45) is 17.3 Å². The molecule has 17 heavy (non-hydrogen) atoms. The fourth-order valence-electron chi connectivity index (χ4n) is 3.32. The predicted molar refractivity (Wildman–Crippen MR) is 68.5 cm³/mol. The van der Waals surface area contributed by atoms with Crippen molar-refractivity contribution >= 4 is 5.78 Å². The molecule has 1 fully saturated rings. The Morgan fingerprint density at radius 3 is 2.82 bits per heavy atom. The van der Waals surface area contributed by atoms with Crippen LogP contribution in [0, 0.1) is 17.3 Å². The van der Waals surface area contributed by atoms with Gasteiger partial charge < -0.3 is 5.11 Å². The van der Waals surface area contributed by atoms with E-state index in [2.05, 4.69) is 20.4 Å². The van der Waals surface area contributed by atoms with Crippen LogP contribution in [0.4, 0.5) is 0 Å². The van der Waals surface area contributed by atoms with Crippen LogP contribution in [0.5, 0.6) is 0 Å². The molecule has 2 nitrogen and oxygen atoms in total. The molecule has 94 valence electrons. The van der Waals surface area contributed by atoms with Crippen LogP contribution in [0.25, 0.3) is 0 Å². The highest BCUT2D eigenvalue weighted by atomic mass is 16.3. The van der Waals surface area contributed by atoms with Gasteiger partial charge >= 0.3 is 0 Å². The molecule has 0 aromatic heterocycles. The molecule has 0 unspecified atom stereocenters. The third kappa shape index (κ3) is 1.89. The third-order valence-electron chi connectivity index (χ3n) is 4.91. The number of allylic oxidation sites excluding steroid dienone is 3. The quantitative estimate of drug-likeness (QED) is 0.708. The second-order valence-corrected chi connectivity index (χ2v) is 5.99. The van der Waals surface area contributed by atoms with Crippen molar-refractivity contribution in [3.8, 4) is 0 Å². The fourth-order valence-corrected chi connectivity index (χ4v) is 3.32. The zero-order chi connectivity index (χ0) is 12.8. The number of rotatable bonds is 1. The Balaban J connectivity index is 2.39. The summed E-state index contributed by atoms with van der Waals surface area (Å²) >= 11 is 0. The molecule has 1 N–H and O–H groups in total. The number of aliphatic hydroxyl groups is 1. The highest BCUT2D eigenvalue weighted by Crippen LogP contribution is 2.52. The summed E-state index contributed by atoms with van der Waals surface area (Å²) in [6, 6.07) is 0. The van der Waals surface area contributed by atoms with E-state index in [4.69, 9.17) is 0 Å². The number of fused-ring (bicyclic) bond motifs is 1. The van der Waals surface area contributed by atoms with Crippen LogP contribution in [0.1, 0.15) is 40.0 Å². The second-order valence-electron chi connectivity index (χ2n) is 5.99. The lowest BCUT2D eigenvalue weighted by Crippen LogP contribution is -2.45. The lowest BCUT2D eigenvalue weighted by atomic mass is 9.57. The molecule has 0 bridgehead atoms. The van der Waals surface area contributed by atoms with Gasteiger partial charge in [-0.3, -0.25) is 4.79 Å².